The molecule has 5 heteroatoms. The highest BCUT2D eigenvalue weighted by Gasteiger charge is 2.16. The summed E-state index contributed by atoms with van der Waals surface area (Å²) in [6.07, 6.45) is 0.205. The first-order valence-electron chi connectivity index (χ1n) is 5.26. The van der Waals surface area contributed by atoms with Crippen LogP contribution in [0.4, 0.5) is 0 Å². The molecule has 1 rings (SSSR count). The van der Waals surface area contributed by atoms with E-state index in [9.17, 15) is 4.79 Å². The molecule has 1 N–H and O–H groups in total. The number of aliphatic hydroxyl groups is 1. The van der Waals surface area contributed by atoms with Crippen molar-refractivity contribution >= 4 is 29.1 Å². The number of likely N-dealkylation sites (N-methyl/N-ethyl adjacent to an activating group) is 1. The molecule has 0 spiro atoms. The summed E-state index contributed by atoms with van der Waals surface area (Å²) in [5, 5.41) is 10.0. The Kier molecular flexibility index (Phi) is 5.25. The Labute approximate surface area is 111 Å². The van der Waals surface area contributed by atoms with Gasteiger partial charge in [0.05, 0.1) is 19.1 Å². The van der Waals surface area contributed by atoms with Gasteiger partial charge in [0.15, 0.2) is 0 Å². The molecule has 17 heavy (non-hydrogen) atoms. The Morgan fingerprint density at radius 1 is 1.47 bits per heavy atom. The zero-order valence-electron chi connectivity index (χ0n) is 9.78. The van der Waals surface area contributed by atoms with Gasteiger partial charge in [-0.15, -0.1) is 0 Å². The van der Waals surface area contributed by atoms with E-state index in [1.165, 1.54) is 4.90 Å². The second-order valence-corrected chi connectivity index (χ2v) is 4.79. The minimum Gasteiger partial charge on any atom is -0.394 e. The Morgan fingerprint density at radius 3 is 2.65 bits per heavy atom. The van der Waals surface area contributed by atoms with Crippen molar-refractivity contribution in [3.63, 3.8) is 0 Å². The van der Waals surface area contributed by atoms with Crippen molar-refractivity contribution in [1.82, 2.24) is 4.90 Å². The summed E-state index contributed by atoms with van der Waals surface area (Å²) in [7, 11) is 1.66. The predicted octanol–water partition coefficient (Wildman–Crippen LogP) is 2.38. The number of halogens is 2. The quantitative estimate of drug-likeness (QED) is 0.917. The smallest absolute Gasteiger partial charge is 0.227 e. The molecule has 0 bridgehead atoms. The fraction of sp³-hybridized carbons (Fsp3) is 0.417. The Hall–Kier alpha value is -0.770. The van der Waals surface area contributed by atoms with Crippen molar-refractivity contribution < 1.29 is 9.90 Å². The van der Waals surface area contributed by atoms with Crippen LogP contribution in [0.25, 0.3) is 0 Å². The number of benzene rings is 1. The molecule has 0 aliphatic rings. The number of aliphatic hydroxyl groups excluding tert-OH is 1. The van der Waals surface area contributed by atoms with E-state index in [-0.39, 0.29) is 25.0 Å². The first kappa shape index (κ1) is 14.3. The van der Waals surface area contributed by atoms with E-state index in [4.69, 9.17) is 28.3 Å². The van der Waals surface area contributed by atoms with Gasteiger partial charge in [0.1, 0.15) is 0 Å². The third-order valence-corrected chi connectivity index (χ3v) is 3.26. The number of hydrogen-bond acceptors (Lipinski definition) is 2. The summed E-state index contributed by atoms with van der Waals surface area (Å²) in [6, 6.07) is 4.85. The summed E-state index contributed by atoms with van der Waals surface area (Å²) in [5.41, 5.74) is 0.734. The van der Waals surface area contributed by atoms with Gasteiger partial charge in [-0.25, -0.2) is 0 Å². The van der Waals surface area contributed by atoms with Crippen molar-refractivity contribution in [2.24, 2.45) is 0 Å². The van der Waals surface area contributed by atoms with Crippen LogP contribution in [0.5, 0.6) is 0 Å². The van der Waals surface area contributed by atoms with Crippen LogP contribution < -0.4 is 0 Å². The zero-order valence-corrected chi connectivity index (χ0v) is 11.3. The van der Waals surface area contributed by atoms with Gasteiger partial charge in [-0.2, -0.15) is 0 Å². The van der Waals surface area contributed by atoms with Gasteiger partial charge in [-0.3, -0.25) is 4.79 Å². The third-order valence-electron chi connectivity index (χ3n) is 2.68. The number of carbonyl (C=O) groups excluding carboxylic acids is 1. The molecule has 0 aromatic heterocycles. The van der Waals surface area contributed by atoms with Crippen LogP contribution in [0.15, 0.2) is 18.2 Å². The molecule has 1 aromatic rings. The number of amides is 1. The summed E-state index contributed by atoms with van der Waals surface area (Å²) in [5.74, 6) is -0.0872. The molecule has 94 valence electrons. The molecule has 0 aliphatic carbocycles. The molecular weight excluding hydrogens is 261 g/mol. The van der Waals surface area contributed by atoms with Crippen LogP contribution in [-0.2, 0) is 11.2 Å². The molecule has 0 saturated heterocycles. The molecule has 0 heterocycles. The Balaban J connectivity index is 2.74. The SMILES string of the molecule is CC(CO)N(C)C(=O)Cc1ccc(Cl)cc1Cl. The fourth-order valence-corrected chi connectivity index (χ4v) is 1.80. The largest absolute Gasteiger partial charge is 0.394 e. The lowest BCUT2D eigenvalue weighted by molar-refractivity contribution is -0.131. The van der Waals surface area contributed by atoms with Gasteiger partial charge in [-0.1, -0.05) is 29.3 Å². The van der Waals surface area contributed by atoms with Crippen molar-refractivity contribution in [1.29, 1.82) is 0 Å². The van der Waals surface area contributed by atoms with Crippen molar-refractivity contribution in [2.45, 2.75) is 19.4 Å². The van der Waals surface area contributed by atoms with E-state index in [1.54, 1.807) is 32.2 Å². The summed E-state index contributed by atoms with van der Waals surface area (Å²) >= 11 is 11.8. The van der Waals surface area contributed by atoms with Gasteiger partial charge >= 0.3 is 0 Å². The maximum Gasteiger partial charge on any atom is 0.227 e. The number of carbonyl (C=O) groups is 1. The summed E-state index contributed by atoms with van der Waals surface area (Å²) < 4.78 is 0. The maximum atomic E-state index is 11.9. The van der Waals surface area contributed by atoms with Crippen LogP contribution in [-0.4, -0.2) is 35.6 Å². The van der Waals surface area contributed by atoms with Gasteiger partial charge < -0.3 is 10.0 Å². The highest BCUT2D eigenvalue weighted by Crippen LogP contribution is 2.21. The lowest BCUT2D eigenvalue weighted by Crippen LogP contribution is -2.38. The predicted molar refractivity (Wildman–Crippen MR) is 69.5 cm³/mol. The lowest BCUT2D eigenvalue weighted by Gasteiger charge is -2.23. The highest BCUT2D eigenvalue weighted by molar-refractivity contribution is 6.35. The Bertz CT molecular complexity index is 409. The Morgan fingerprint density at radius 2 is 2.12 bits per heavy atom. The maximum absolute atomic E-state index is 11.9. The second kappa shape index (κ2) is 6.24. The average Bonchev–Trinajstić information content (AvgIpc) is 2.30. The van der Waals surface area contributed by atoms with E-state index < -0.39 is 0 Å². The van der Waals surface area contributed by atoms with Crippen molar-refractivity contribution in [3.05, 3.63) is 33.8 Å². The summed E-state index contributed by atoms with van der Waals surface area (Å²) in [4.78, 5) is 13.4. The topological polar surface area (TPSA) is 40.5 Å². The lowest BCUT2D eigenvalue weighted by atomic mass is 10.1. The van der Waals surface area contributed by atoms with Crippen LogP contribution in [0, 0.1) is 0 Å². The first-order chi connectivity index (χ1) is 7.95. The van der Waals surface area contributed by atoms with E-state index in [1.807, 2.05) is 0 Å². The highest BCUT2D eigenvalue weighted by atomic mass is 35.5. The first-order valence-corrected chi connectivity index (χ1v) is 6.01. The van der Waals surface area contributed by atoms with E-state index in [2.05, 4.69) is 0 Å². The van der Waals surface area contributed by atoms with Gasteiger partial charge in [0.25, 0.3) is 0 Å². The molecule has 0 fully saturated rings. The molecule has 1 unspecified atom stereocenters. The molecule has 0 saturated carbocycles. The fourth-order valence-electron chi connectivity index (χ4n) is 1.32. The van der Waals surface area contributed by atoms with Crippen LogP contribution in [0.2, 0.25) is 10.0 Å². The normalized spacial score (nSPS) is 12.3. The number of rotatable bonds is 4. The van der Waals surface area contributed by atoms with Gasteiger partial charge in [0.2, 0.25) is 5.91 Å². The monoisotopic (exact) mass is 275 g/mol. The van der Waals surface area contributed by atoms with E-state index in [0.717, 1.165) is 5.56 Å². The third kappa shape index (κ3) is 3.87. The molecule has 0 aliphatic heterocycles. The molecule has 1 aromatic carbocycles. The molecule has 1 atom stereocenters. The van der Waals surface area contributed by atoms with E-state index >= 15 is 0 Å². The second-order valence-electron chi connectivity index (χ2n) is 3.95. The van der Waals surface area contributed by atoms with Gasteiger partial charge in [-0.05, 0) is 24.6 Å². The van der Waals surface area contributed by atoms with Crippen molar-refractivity contribution in [2.75, 3.05) is 13.7 Å². The average molecular weight is 276 g/mol. The van der Waals surface area contributed by atoms with Crippen molar-refractivity contribution in [3.8, 4) is 0 Å². The zero-order chi connectivity index (χ0) is 13.0. The van der Waals surface area contributed by atoms with Gasteiger partial charge in [0, 0.05) is 17.1 Å². The van der Waals surface area contributed by atoms with Crippen LogP contribution >= 0.6 is 23.2 Å². The minimum atomic E-state index is -0.200. The van der Waals surface area contributed by atoms with Crippen LogP contribution in [0.1, 0.15) is 12.5 Å². The molecule has 1 amide bonds. The molecule has 3 nitrogen and oxygen atoms in total. The summed E-state index contributed by atoms with van der Waals surface area (Å²) in [6.45, 7) is 1.72. The van der Waals surface area contributed by atoms with Crippen LogP contribution in [0.3, 0.4) is 0 Å². The number of nitrogens with zero attached hydrogens (tertiary/aromatic N) is 1. The molecule has 0 radical (unpaired) electrons. The van der Waals surface area contributed by atoms with E-state index in [0.29, 0.717) is 10.0 Å². The number of hydrogen-bond donors (Lipinski definition) is 1. The minimum absolute atomic E-state index is 0.0589. The standard InChI is InChI=1S/C12H15Cl2NO2/c1-8(7-16)15(2)12(17)5-9-3-4-10(13)6-11(9)14/h3-4,6,8,16H,5,7H2,1-2H3. The molecular formula is C12H15Cl2NO2.